The van der Waals surface area contributed by atoms with Gasteiger partial charge in [0.15, 0.2) is 0 Å². The van der Waals surface area contributed by atoms with Crippen LogP contribution in [-0.4, -0.2) is 69.6 Å². The van der Waals surface area contributed by atoms with Crippen molar-refractivity contribution in [2.45, 2.75) is 69.1 Å². The number of hydrogen-bond acceptors (Lipinski definition) is 5. The first kappa shape index (κ1) is 23.5. The number of carboxylic acids is 1. The highest BCUT2D eigenvalue weighted by Gasteiger charge is 2.51. The molecule has 31 heavy (non-hydrogen) atoms. The van der Waals surface area contributed by atoms with Crippen LogP contribution in [0, 0.1) is 6.92 Å². The molecule has 0 unspecified atom stereocenters. The molecule has 3 heterocycles. The Hall–Kier alpha value is -2.21. The van der Waals surface area contributed by atoms with Gasteiger partial charge in [-0.25, -0.2) is 13.2 Å². The van der Waals surface area contributed by atoms with Crippen molar-refractivity contribution in [3.8, 4) is 0 Å². The molecule has 172 valence electrons. The van der Waals surface area contributed by atoms with Gasteiger partial charge in [0, 0.05) is 30.7 Å². The van der Waals surface area contributed by atoms with Crippen molar-refractivity contribution in [3.05, 3.63) is 29.6 Å². The molecule has 1 N–H and O–H groups in total. The molecule has 8 nitrogen and oxygen atoms in total. The molecule has 1 aromatic heterocycles. The third kappa shape index (κ3) is 5.35. The van der Waals surface area contributed by atoms with Crippen LogP contribution in [0.25, 0.3) is 0 Å². The number of likely N-dealkylation sites (tertiary alicyclic amines) is 1. The van der Waals surface area contributed by atoms with Gasteiger partial charge in [-0.15, -0.1) is 0 Å². The number of carboxylic acid groups (broad SMARTS) is 1. The molecule has 0 radical (unpaired) electrons. The number of halogens is 3. The number of aliphatic carboxylic acids is 1. The summed E-state index contributed by atoms with van der Waals surface area (Å²) in [5, 5.41) is 6.95. The molecule has 1 aliphatic carbocycles. The highest BCUT2D eigenvalue weighted by Crippen LogP contribution is 2.39. The Morgan fingerprint density at radius 1 is 1.19 bits per heavy atom. The molecule has 3 fully saturated rings. The van der Waals surface area contributed by atoms with Gasteiger partial charge in [0.05, 0.1) is 17.5 Å². The number of aryl methyl sites for hydroxylation is 1. The van der Waals surface area contributed by atoms with Gasteiger partial charge in [-0.1, -0.05) is 6.07 Å². The topological polar surface area (TPSA) is 108 Å². The molecule has 1 amide bonds. The van der Waals surface area contributed by atoms with E-state index in [0.717, 1.165) is 30.7 Å². The Kier molecular flexibility index (Phi) is 6.61. The van der Waals surface area contributed by atoms with E-state index in [-0.39, 0.29) is 23.2 Å². The highest BCUT2D eigenvalue weighted by atomic mass is 32.2. The van der Waals surface area contributed by atoms with Gasteiger partial charge >= 0.3 is 12.1 Å². The number of alkyl halides is 3. The second-order valence-electron chi connectivity index (χ2n) is 7.91. The van der Waals surface area contributed by atoms with Gasteiger partial charge < -0.3 is 10.0 Å². The third-order valence-corrected chi connectivity index (χ3v) is 8.05. The Bertz CT molecular complexity index is 949. The number of nitrogens with zero attached hydrogens (tertiary/aromatic N) is 3. The van der Waals surface area contributed by atoms with Crippen LogP contribution in [0.3, 0.4) is 0 Å². The number of aromatic nitrogens is 1. The number of carbonyl (C=O) groups is 2. The van der Waals surface area contributed by atoms with Crippen LogP contribution in [-0.2, 0) is 26.2 Å². The zero-order valence-electron chi connectivity index (χ0n) is 16.9. The molecular weight excluding hydrogens is 439 g/mol. The summed E-state index contributed by atoms with van der Waals surface area (Å²) < 4.78 is 58.7. The summed E-state index contributed by atoms with van der Waals surface area (Å²) in [6.45, 7) is 2.95. The number of pyridine rings is 1. The van der Waals surface area contributed by atoms with Crippen molar-refractivity contribution in [3.63, 3.8) is 0 Å². The summed E-state index contributed by atoms with van der Waals surface area (Å²) in [6.07, 6.45) is -1.72. The number of piperidine rings is 1. The van der Waals surface area contributed by atoms with Gasteiger partial charge in [-0.05, 0) is 44.7 Å². The first-order valence-corrected chi connectivity index (χ1v) is 11.4. The SMILES string of the molecule is Cc1cccc(CN2C(=O)CC[C@@H]3[C@H]2CCN3S(=O)(=O)C2CC2)n1.O=C(O)C(F)(F)F. The van der Waals surface area contributed by atoms with Crippen molar-refractivity contribution in [2.24, 2.45) is 0 Å². The highest BCUT2D eigenvalue weighted by molar-refractivity contribution is 7.90. The average molecular weight is 463 g/mol. The average Bonchev–Trinajstić information content (AvgIpc) is 3.44. The Morgan fingerprint density at radius 2 is 1.84 bits per heavy atom. The minimum atomic E-state index is -5.08. The molecule has 12 heteroatoms. The molecule has 0 bridgehead atoms. The Balaban J connectivity index is 0.000000339. The van der Waals surface area contributed by atoms with Gasteiger partial charge in [0.2, 0.25) is 15.9 Å². The van der Waals surface area contributed by atoms with Crippen LogP contribution in [0.15, 0.2) is 18.2 Å². The van der Waals surface area contributed by atoms with E-state index in [1.165, 1.54) is 0 Å². The van der Waals surface area contributed by atoms with E-state index in [4.69, 9.17) is 9.90 Å². The summed E-state index contributed by atoms with van der Waals surface area (Å²) in [5.74, 6) is -2.64. The van der Waals surface area contributed by atoms with Crippen LogP contribution in [0.2, 0.25) is 0 Å². The van der Waals surface area contributed by atoms with Gasteiger partial charge in [-0.2, -0.15) is 17.5 Å². The van der Waals surface area contributed by atoms with E-state index in [1.807, 2.05) is 30.0 Å². The molecule has 1 saturated carbocycles. The molecule has 2 atom stereocenters. The third-order valence-electron chi connectivity index (χ3n) is 5.63. The van der Waals surface area contributed by atoms with E-state index >= 15 is 0 Å². The summed E-state index contributed by atoms with van der Waals surface area (Å²) in [5.41, 5.74) is 1.80. The fourth-order valence-corrected chi connectivity index (χ4v) is 6.15. The zero-order chi connectivity index (χ0) is 23.0. The summed E-state index contributed by atoms with van der Waals surface area (Å²) in [7, 11) is -3.18. The van der Waals surface area contributed by atoms with Crippen molar-refractivity contribution >= 4 is 21.9 Å². The molecular formula is C19H24F3N3O5S. The number of sulfonamides is 1. The lowest BCUT2D eigenvalue weighted by Crippen LogP contribution is -2.53. The van der Waals surface area contributed by atoms with Crippen molar-refractivity contribution < 1.29 is 36.3 Å². The fraction of sp³-hybridized carbons (Fsp3) is 0.632. The number of carbonyl (C=O) groups excluding carboxylic acids is 1. The van der Waals surface area contributed by atoms with Crippen LogP contribution >= 0.6 is 0 Å². The van der Waals surface area contributed by atoms with Crippen molar-refractivity contribution in [2.75, 3.05) is 6.54 Å². The van der Waals surface area contributed by atoms with E-state index in [2.05, 4.69) is 4.98 Å². The predicted molar refractivity (Wildman–Crippen MR) is 103 cm³/mol. The second kappa shape index (κ2) is 8.73. The molecule has 2 saturated heterocycles. The van der Waals surface area contributed by atoms with Crippen LogP contribution in [0.1, 0.15) is 43.5 Å². The fourth-order valence-electron chi connectivity index (χ4n) is 4.05. The van der Waals surface area contributed by atoms with E-state index in [1.54, 1.807) is 4.31 Å². The number of fused-ring (bicyclic) bond motifs is 1. The van der Waals surface area contributed by atoms with Crippen LogP contribution in [0.5, 0.6) is 0 Å². The van der Waals surface area contributed by atoms with Crippen LogP contribution < -0.4 is 0 Å². The minimum Gasteiger partial charge on any atom is -0.475 e. The summed E-state index contributed by atoms with van der Waals surface area (Å²) in [6, 6.07) is 5.74. The molecule has 3 aliphatic rings. The largest absolute Gasteiger partial charge is 0.490 e. The molecule has 2 aliphatic heterocycles. The first-order chi connectivity index (χ1) is 14.4. The van der Waals surface area contributed by atoms with Gasteiger partial charge in [0.25, 0.3) is 0 Å². The van der Waals surface area contributed by atoms with Gasteiger partial charge in [0.1, 0.15) is 0 Å². The van der Waals surface area contributed by atoms with Crippen LogP contribution in [0.4, 0.5) is 13.2 Å². The number of hydrogen-bond donors (Lipinski definition) is 1. The molecule has 1 aromatic rings. The van der Waals surface area contributed by atoms with Crippen molar-refractivity contribution in [1.82, 2.24) is 14.2 Å². The summed E-state index contributed by atoms with van der Waals surface area (Å²) >= 11 is 0. The quantitative estimate of drug-likeness (QED) is 0.733. The lowest BCUT2D eigenvalue weighted by Gasteiger charge is -2.39. The summed E-state index contributed by atoms with van der Waals surface area (Å²) in [4.78, 5) is 27.7. The number of rotatable bonds is 4. The smallest absolute Gasteiger partial charge is 0.475 e. The second-order valence-corrected chi connectivity index (χ2v) is 10.1. The molecule has 4 rings (SSSR count). The predicted octanol–water partition coefficient (Wildman–Crippen LogP) is 2.08. The van der Waals surface area contributed by atoms with Gasteiger partial charge in [-0.3, -0.25) is 9.78 Å². The standard InChI is InChI=1S/C17H23N3O3S.C2HF3O2/c1-12-3-2-4-13(18-12)11-19-15-9-10-20(16(15)7-8-17(19)21)24(22,23)14-5-6-14;3-2(4,5)1(6)7/h2-4,14-16H,5-11H2,1H3;(H,6,7)/t15-,16-;/m1./s1. The normalized spacial score (nSPS) is 24.4. The Morgan fingerprint density at radius 3 is 2.39 bits per heavy atom. The maximum absolute atomic E-state index is 12.7. The lowest BCUT2D eigenvalue weighted by atomic mass is 9.96. The lowest BCUT2D eigenvalue weighted by molar-refractivity contribution is -0.192. The van der Waals surface area contributed by atoms with E-state index < -0.39 is 22.2 Å². The Labute approximate surface area is 178 Å². The molecule has 0 aromatic carbocycles. The molecule has 0 spiro atoms. The number of amides is 1. The maximum Gasteiger partial charge on any atom is 0.490 e. The monoisotopic (exact) mass is 463 g/mol. The van der Waals surface area contributed by atoms with E-state index in [9.17, 15) is 26.4 Å². The minimum absolute atomic E-state index is 0.0120. The van der Waals surface area contributed by atoms with E-state index in [0.29, 0.717) is 25.9 Å². The van der Waals surface area contributed by atoms with Crippen molar-refractivity contribution in [1.29, 1.82) is 0 Å². The first-order valence-electron chi connectivity index (χ1n) is 9.94. The maximum atomic E-state index is 12.7. The zero-order valence-corrected chi connectivity index (χ0v) is 17.7.